The molecule has 1 aromatic heterocycles. The second-order valence-corrected chi connectivity index (χ2v) is 4.88. The first kappa shape index (κ1) is 16.7. The number of anilines is 1. The molecule has 2 aromatic rings. The minimum atomic E-state index is -0.407. The van der Waals surface area contributed by atoms with E-state index in [1.807, 2.05) is 30.3 Å². The monoisotopic (exact) mass is 316 g/mol. The lowest BCUT2D eigenvalue weighted by Gasteiger charge is -2.19. The van der Waals surface area contributed by atoms with Gasteiger partial charge in [0.05, 0.1) is 19.3 Å². The highest BCUT2D eigenvalue weighted by atomic mass is 16.5. The van der Waals surface area contributed by atoms with Gasteiger partial charge in [0.1, 0.15) is 0 Å². The molecule has 2 rings (SSSR count). The minimum absolute atomic E-state index is 0.0740. The van der Waals surface area contributed by atoms with Gasteiger partial charge in [0.15, 0.2) is 11.6 Å². The standard InChI is InChI=1S/C16H20N4O3/c1-23-14-9-10-17-20-15(14)19-16(22)18-13(8-5-11-21)12-6-3-2-4-7-12/h2-4,6-7,9-10,13,21H,5,8,11H2,1H3,(H2,18,19,20,22). The summed E-state index contributed by atoms with van der Waals surface area (Å²) in [6, 6.07) is 10.6. The molecule has 0 bridgehead atoms. The summed E-state index contributed by atoms with van der Waals surface area (Å²) in [6.45, 7) is 0.0740. The van der Waals surface area contributed by atoms with E-state index < -0.39 is 6.03 Å². The molecule has 7 heteroatoms. The molecule has 0 saturated heterocycles. The van der Waals surface area contributed by atoms with Crippen LogP contribution in [-0.4, -0.2) is 35.1 Å². The number of hydrogen-bond acceptors (Lipinski definition) is 5. The van der Waals surface area contributed by atoms with Crippen LogP contribution in [0.4, 0.5) is 10.6 Å². The SMILES string of the molecule is COc1ccnnc1NC(=O)NC(CCCO)c1ccccc1. The normalized spacial score (nSPS) is 11.6. The zero-order chi connectivity index (χ0) is 16.5. The molecule has 3 N–H and O–H groups in total. The van der Waals surface area contributed by atoms with Crippen LogP contribution < -0.4 is 15.4 Å². The molecule has 1 heterocycles. The molecule has 0 aliphatic heterocycles. The molecule has 1 aromatic carbocycles. The molecule has 7 nitrogen and oxygen atoms in total. The zero-order valence-electron chi connectivity index (χ0n) is 12.9. The van der Waals surface area contributed by atoms with E-state index in [-0.39, 0.29) is 18.5 Å². The summed E-state index contributed by atoms with van der Waals surface area (Å²) in [7, 11) is 1.49. The number of nitrogens with zero attached hydrogens (tertiary/aromatic N) is 2. The van der Waals surface area contributed by atoms with Crippen molar-refractivity contribution in [3.63, 3.8) is 0 Å². The maximum atomic E-state index is 12.2. The van der Waals surface area contributed by atoms with Gasteiger partial charge in [-0.2, -0.15) is 5.10 Å². The number of methoxy groups -OCH3 is 1. The summed E-state index contributed by atoms with van der Waals surface area (Å²) in [5, 5.41) is 22.1. The lowest BCUT2D eigenvalue weighted by Crippen LogP contribution is -2.33. The molecule has 2 amide bonds. The summed E-state index contributed by atoms with van der Waals surface area (Å²) in [4.78, 5) is 12.2. The van der Waals surface area contributed by atoms with Crippen LogP contribution in [0.3, 0.4) is 0 Å². The molecular weight excluding hydrogens is 296 g/mol. The van der Waals surface area contributed by atoms with Gasteiger partial charge in [-0.25, -0.2) is 4.79 Å². The van der Waals surface area contributed by atoms with E-state index in [1.54, 1.807) is 6.07 Å². The molecule has 0 saturated carbocycles. The van der Waals surface area contributed by atoms with Crippen molar-refractivity contribution in [3.05, 3.63) is 48.2 Å². The Morgan fingerprint density at radius 1 is 1.30 bits per heavy atom. The van der Waals surface area contributed by atoms with Gasteiger partial charge in [-0.3, -0.25) is 5.32 Å². The van der Waals surface area contributed by atoms with Gasteiger partial charge in [0, 0.05) is 12.7 Å². The van der Waals surface area contributed by atoms with Crippen molar-refractivity contribution in [2.75, 3.05) is 19.0 Å². The third kappa shape index (κ3) is 4.93. The second kappa shape index (κ2) is 8.70. The molecule has 0 aliphatic rings. The Kier molecular flexibility index (Phi) is 6.31. The number of carbonyl (C=O) groups excluding carboxylic acids is 1. The Labute approximate surface area is 134 Å². The highest BCUT2D eigenvalue weighted by Gasteiger charge is 2.16. The number of aliphatic hydroxyl groups excluding tert-OH is 1. The number of benzene rings is 1. The van der Waals surface area contributed by atoms with Gasteiger partial charge in [-0.15, -0.1) is 5.10 Å². The topological polar surface area (TPSA) is 96.4 Å². The Balaban J connectivity index is 2.05. The smallest absolute Gasteiger partial charge is 0.321 e. The zero-order valence-corrected chi connectivity index (χ0v) is 12.9. The molecule has 1 atom stereocenters. The summed E-state index contributed by atoms with van der Waals surface area (Å²) in [5.41, 5.74) is 0.974. The summed E-state index contributed by atoms with van der Waals surface area (Å²) < 4.78 is 5.12. The van der Waals surface area contributed by atoms with Crippen molar-refractivity contribution in [3.8, 4) is 5.75 Å². The van der Waals surface area contributed by atoms with Gasteiger partial charge in [-0.05, 0) is 18.4 Å². The molecule has 0 aliphatic carbocycles. The average Bonchev–Trinajstić information content (AvgIpc) is 2.59. The molecular formula is C16H20N4O3. The van der Waals surface area contributed by atoms with Crippen molar-refractivity contribution in [1.82, 2.24) is 15.5 Å². The van der Waals surface area contributed by atoms with Crippen molar-refractivity contribution in [2.24, 2.45) is 0 Å². The van der Waals surface area contributed by atoms with Crippen molar-refractivity contribution in [1.29, 1.82) is 0 Å². The summed E-state index contributed by atoms with van der Waals surface area (Å²) in [5.74, 6) is 0.684. The number of urea groups is 1. The highest BCUT2D eigenvalue weighted by Crippen LogP contribution is 2.21. The van der Waals surface area contributed by atoms with Crippen molar-refractivity contribution >= 4 is 11.8 Å². The van der Waals surface area contributed by atoms with Crippen molar-refractivity contribution in [2.45, 2.75) is 18.9 Å². The van der Waals surface area contributed by atoms with Gasteiger partial charge in [0.2, 0.25) is 0 Å². The first-order valence-electron chi connectivity index (χ1n) is 7.33. The Bertz CT molecular complexity index is 622. The van der Waals surface area contributed by atoms with Gasteiger partial charge in [0.25, 0.3) is 0 Å². The van der Waals surface area contributed by atoms with E-state index in [9.17, 15) is 4.79 Å². The van der Waals surface area contributed by atoms with Crippen LogP contribution in [0.25, 0.3) is 0 Å². The van der Waals surface area contributed by atoms with E-state index in [1.165, 1.54) is 13.3 Å². The molecule has 23 heavy (non-hydrogen) atoms. The fourth-order valence-electron chi connectivity index (χ4n) is 2.18. The van der Waals surface area contributed by atoms with Crippen LogP contribution in [0.15, 0.2) is 42.6 Å². The van der Waals surface area contributed by atoms with Crippen LogP contribution in [0.2, 0.25) is 0 Å². The third-order valence-electron chi connectivity index (χ3n) is 3.29. The fourth-order valence-corrected chi connectivity index (χ4v) is 2.18. The van der Waals surface area contributed by atoms with E-state index in [0.717, 1.165) is 5.56 Å². The van der Waals surface area contributed by atoms with E-state index in [0.29, 0.717) is 18.6 Å². The number of aliphatic hydroxyl groups is 1. The summed E-state index contributed by atoms with van der Waals surface area (Å²) >= 11 is 0. The molecule has 1 unspecified atom stereocenters. The van der Waals surface area contributed by atoms with Gasteiger partial charge >= 0.3 is 6.03 Å². The van der Waals surface area contributed by atoms with Crippen LogP contribution in [0.5, 0.6) is 5.75 Å². The minimum Gasteiger partial charge on any atom is -0.493 e. The van der Waals surface area contributed by atoms with E-state index >= 15 is 0 Å². The average molecular weight is 316 g/mol. The van der Waals surface area contributed by atoms with Crippen LogP contribution in [0, 0.1) is 0 Å². The summed E-state index contributed by atoms with van der Waals surface area (Å²) in [6.07, 6.45) is 2.70. The maximum Gasteiger partial charge on any atom is 0.321 e. The van der Waals surface area contributed by atoms with Gasteiger partial charge in [-0.1, -0.05) is 30.3 Å². The van der Waals surface area contributed by atoms with Gasteiger partial charge < -0.3 is 15.2 Å². The van der Waals surface area contributed by atoms with Crippen LogP contribution in [-0.2, 0) is 0 Å². The third-order valence-corrected chi connectivity index (χ3v) is 3.29. The second-order valence-electron chi connectivity index (χ2n) is 4.88. The quantitative estimate of drug-likeness (QED) is 0.727. The largest absolute Gasteiger partial charge is 0.493 e. The predicted molar refractivity (Wildman–Crippen MR) is 86.2 cm³/mol. The Morgan fingerprint density at radius 2 is 2.09 bits per heavy atom. The number of carbonyl (C=O) groups is 1. The van der Waals surface area contributed by atoms with E-state index in [4.69, 9.17) is 9.84 Å². The number of nitrogens with one attached hydrogen (secondary N) is 2. The Morgan fingerprint density at radius 3 is 2.78 bits per heavy atom. The highest BCUT2D eigenvalue weighted by molar-refractivity contribution is 5.89. The van der Waals surface area contributed by atoms with Crippen LogP contribution in [0.1, 0.15) is 24.4 Å². The molecule has 0 spiro atoms. The number of hydrogen-bond donors (Lipinski definition) is 3. The number of ether oxygens (including phenoxy) is 1. The lowest BCUT2D eigenvalue weighted by molar-refractivity contribution is 0.243. The maximum absolute atomic E-state index is 12.2. The number of aromatic nitrogens is 2. The molecule has 0 fully saturated rings. The molecule has 0 radical (unpaired) electrons. The van der Waals surface area contributed by atoms with E-state index in [2.05, 4.69) is 20.8 Å². The number of amides is 2. The van der Waals surface area contributed by atoms with Crippen LogP contribution >= 0.6 is 0 Å². The fraction of sp³-hybridized carbons (Fsp3) is 0.312. The predicted octanol–water partition coefficient (Wildman–Crippen LogP) is 2.12. The Hall–Kier alpha value is -2.67. The molecule has 122 valence electrons. The lowest BCUT2D eigenvalue weighted by atomic mass is 10.0. The first-order chi connectivity index (χ1) is 11.2. The number of rotatable bonds is 7. The first-order valence-corrected chi connectivity index (χ1v) is 7.33. The van der Waals surface area contributed by atoms with Crippen molar-refractivity contribution < 1.29 is 14.6 Å².